The van der Waals surface area contributed by atoms with Crippen molar-refractivity contribution in [2.24, 2.45) is 0 Å². The van der Waals surface area contributed by atoms with E-state index in [1.807, 2.05) is 0 Å². The van der Waals surface area contributed by atoms with Crippen LogP contribution in [0.4, 0.5) is 0 Å². The van der Waals surface area contributed by atoms with Crippen molar-refractivity contribution in [1.29, 1.82) is 0 Å². The number of hydrogen-bond acceptors (Lipinski definition) is 5. The third kappa shape index (κ3) is 4.02. The highest BCUT2D eigenvalue weighted by atomic mass is 32.2. The molecule has 7 heteroatoms. The van der Waals surface area contributed by atoms with Crippen LogP contribution in [0.5, 0.6) is 0 Å². The van der Waals surface area contributed by atoms with Gasteiger partial charge in [-0.2, -0.15) is 4.31 Å². The van der Waals surface area contributed by atoms with E-state index in [9.17, 15) is 18.0 Å². The number of benzene rings is 1. The number of ketones is 1. The van der Waals surface area contributed by atoms with Gasteiger partial charge in [-0.15, -0.1) is 0 Å². The van der Waals surface area contributed by atoms with Crippen molar-refractivity contribution in [3.63, 3.8) is 0 Å². The van der Waals surface area contributed by atoms with Gasteiger partial charge in [0.05, 0.1) is 10.5 Å². The first-order valence-corrected chi connectivity index (χ1v) is 9.68. The molecular formula is C17H23NO5S. The Bertz CT molecular complexity index is 709. The van der Waals surface area contributed by atoms with Crippen LogP contribution in [0, 0.1) is 0 Å². The Kier molecular flexibility index (Phi) is 6.12. The molecule has 2 rings (SSSR count). The van der Waals surface area contributed by atoms with E-state index in [0.29, 0.717) is 25.9 Å². The van der Waals surface area contributed by atoms with Gasteiger partial charge in [0.2, 0.25) is 10.0 Å². The zero-order valence-electron chi connectivity index (χ0n) is 14.0. The zero-order chi connectivity index (χ0) is 17.7. The van der Waals surface area contributed by atoms with E-state index in [4.69, 9.17) is 4.74 Å². The summed E-state index contributed by atoms with van der Waals surface area (Å²) in [5.41, 5.74) is 0.140. The predicted molar refractivity (Wildman–Crippen MR) is 89.2 cm³/mol. The van der Waals surface area contributed by atoms with Crippen LogP contribution in [0.25, 0.3) is 0 Å². The van der Waals surface area contributed by atoms with E-state index in [-0.39, 0.29) is 16.2 Å². The number of Topliss-reactive ketones (excluding diaryl/α,β-unsaturated/α-hetero) is 1. The minimum Gasteiger partial charge on any atom is -0.451 e. The summed E-state index contributed by atoms with van der Waals surface area (Å²) in [6.07, 6.45) is 1.91. The lowest BCUT2D eigenvalue weighted by Gasteiger charge is -2.21. The Hall–Kier alpha value is -1.73. The molecule has 0 saturated heterocycles. The quantitative estimate of drug-likeness (QED) is 0.734. The molecule has 0 aliphatic heterocycles. The highest BCUT2D eigenvalue weighted by molar-refractivity contribution is 7.89. The second kappa shape index (κ2) is 7.90. The molecule has 1 atom stereocenters. The van der Waals surface area contributed by atoms with E-state index >= 15 is 0 Å². The highest BCUT2D eigenvalue weighted by Crippen LogP contribution is 2.21. The third-order valence-electron chi connectivity index (χ3n) is 4.16. The van der Waals surface area contributed by atoms with Crippen LogP contribution >= 0.6 is 0 Å². The van der Waals surface area contributed by atoms with Crippen molar-refractivity contribution in [3.8, 4) is 0 Å². The van der Waals surface area contributed by atoms with Gasteiger partial charge in [-0.3, -0.25) is 4.79 Å². The van der Waals surface area contributed by atoms with Crippen LogP contribution in [0.2, 0.25) is 0 Å². The molecule has 1 fully saturated rings. The van der Waals surface area contributed by atoms with Crippen molar-refractivity contribution in [1.82, 2.24) is 4.31 Å². The van der Waals surface area contributed by atoms with Crippen LogP contribution in [0.3, 0.4) is 0 Å². The highest BCUT2D eigenvalue weighted by Gasteiger charge is 2.27. The normalized spacial score (nSPS) is 18.6. The second-order valence-electron chi connectivity index (χ2n) is 5.72. The molecule has 1 aliphatic carbocycles. The van der Waals surface area contributed by atoms with Gasteiger partial charge in [-0.1, -0.05) is 19.9 Å². The Morgan fingerprint density at radius 3 is 2.58 bits per heavy atom. The first kappa shape index (κ1) is 18.6. The Labute approximate surface area is 142 Å². The summed E-state index contributed by atoms with van der Waals surface area (Å²) in [5.74, 6) is -0.728. The smallest absolute Gasteiger partial charge is 0.338 e. The average molecular weight is 353 g/mol. The Balaban J connectivity index is 2.20. The van der Waals surface area contributed by atoms with Gasteiger partial charge in [0, 0.05) is 19.5 Å². The fourth-order valence-electron chi connectivity index (χ4n) is 2.77. The monoisotopic (exact) mass is 353 g/mol. The number of rotatable bonds is 6. The van der Waals surface area contributed by atoms with Gasteiger partial charge in [-0.25, -0.2) is 13.2 Å². The summed E-state index contributed by atoms with van der Waals surface area (Å²) in [6.45, 7) is 4.22. The number of nitrogens with zero attached hydrogens (tertiary/aromatic N) is 1. The number of carbonyl (C=O) groups is 2. The largest absolute Gasteiger partial charge is 0.451 e. The topological polar surface area (TPSA) is 80.8 Å². The fourth-order valence-corrected chi connectivity index (χ4v) is 4.27. The summed E-state index contributed by atoms with van der Waals surface area (Å²) in [5, 5.41) is 0. The summed E-state index contributed by atoms with van der Waals surface area (Å²) >= 11 is 0. The van der Waals surface area contributed by atoms with Crippen molar-refractivity contribution in [3.05, 3.63) is 29.8 Å². The first-order chi connectivity index (χ1) is 11.4. The van der Waals surface area contributed by atoms with E-state index in [0.717, 1.165) is 12.8 Å². The maximum Gasteiger partial charge on any atom is 0.338 e. The van der Waals surface area contributed by atoms with E-state index in [2.05, 4.69) is 0 Å². The molecule has 1 unspecified atom stereocenters. The van der Waals surface area contributed by atoms with Gasteiger partial charge in [0.15, 0.2) is 11.9 Å². The zero-order valence-corrected chi connectivity index (χ0v) is 14.8. The summed E-state index contributed by atoms with van der Waals surface area (Å²) < 4.78 is 31.7. The molecule has 6 nitrogen and oxygen atoms in total. The van der Waals surface area contributed by atoms with E-state index in [1.165, 1.54) is 28.6 Å². The first-order valence-electron chi connectivity index (χ1n) is 8.24. The lowest BCUT2D eigenvalue weighted by atomic mass is 9.96. The van der Waals surface area contributed by atoms with Crippen LogP contribution in [-0.4, -0.2) is 43.7 Å². The van der Waals surface area contributed by atoms with Crippen molar-refractivity contribution in [2.45, 2.75) is 50.5 Å². The molecule has 0 radical (unpaired) electrons. The molecule has 1 saturated carbocycles. The summed E-state index contributed by atoms with van der Waals surface area (Å²) in [7, 11) is -3.64. The summed E-state index contributed by atoms with van der Waals surface area (Å²) in [6, 6.07) is 5.77. The number of sulfonamides is 1. The molecule has 0 spiro atoms. The van der Waals surface area contributed by atoms with Crippen molar-refractivity contribution >= 4 is 21.8 Å². The van der Waals surface area contributed by atoms with Crippen molar-refractivity contribution in [2.75, 3.05) is 13.1 Å². The maximum absolute atomic E-state index is 12.5. The molecule has 1 aromatic rings. The number of hydrogen-bond donors (Lipinski definition) is 0. The van der Waals surface area contributed by atoms with Crippen LogP contribution in [0.15, 0.2) is 29.2 Å². The van der Waals surface area contributed by atoms with Gasteiger partial charge < -0.3 is 4.74 Å². The standard InChI is InChI=1S/C17H23NO5S/c1-3-18(4-2)24(21,22)14-9-7-8-13(12-14)17(20)23-16-11-6-5-10-15(16)19/h7-9,12,16H,3-6,10-11H2,1-2H3. The SMILES string of the molecule is CCN(CC)S(=O)(=O)c1cccc(C(=O)OC2CCCCC2=O)c1. The second-order valence-corrected chi connectivity index (χ2v) is 7.66. The average Bonchev–Trinajstić information content (AvgIpc) is 2.58. The van der Waals surface area contributed by atoms with E-state index < -0.39 is 22.1 Å². The van der Waals surface area contributed by atoms with E-state index in [1.54, 1.807) is 13.8 Å². The Morgan fingerprint density at radius 1 is 1.25 bits per heavy atom. The fraction of sp³-hybridized carbons (Fsp3) is 0.529. The molecule has 0 heterocycles. The number of carbonyl (C=O) groups excluding carboxylic acids is 2. The molecule has 0 bridgehead atoms. The number of esters is 1. The van der Waals surface area contributed by atoms with Crippen molar-refractivity contribution < 1.29 is 22.7 Å². The minimum absolute atomic E-state index is 0.0515. The molecular weight excluding hydrogens is 330 g/mol. The van der Waals surface area contributed by atoms with Gasteiger partial charge in [-0.05, 0) is 37.5 Å². The molecule has 0 aromatic heterocycles. The van der Waals surface area contributed by atoms with Crippen LogP contribution in [-0.2, 0) is 19.6 Å². The maximum atomic E-state index is 12.5. The molecule has 0 amide bonds. The molecule has 1 aromatic carbocycles. The molecule has 132 valence electrons. The van der Waals surface area contributed by atoms with Gasteiger partial charge >= 0.3 is 5.97 Å². The summed E-state index contributed by atoms with van der Waals surface area (Å²) in [4.78, 5) is 24.1. The molecule has 1 aliphatic rings. The minimum atomic E-state index is -3.64. The van der Waals surface area contributed by atoms with Gasteiger partial charge in [0.25, 0.3) is 0 Å². The molecule has 24 heavy (non-hydrogen) atoms. The van der Waals surface area contributed by atoms with Gasteiger partial charge in [0.1, 0.15) is 0 Å². The lowest BCUT2D eigenvalue weighted by Crippen LogP contribution is -2.31. The number of ether oxygens (including phenoxy) is 1. The predicted octanol–water partition coefficient (Wildman–Crippen LogP) is 2.39. The molecule has 0 N–H and O–H groups in total. The Morgan fingerprint density at radius 2 is 1.96 bits per heavy atom. The third-order valence-corrected chi connectivity index (χ3v) is 6.21. The van der Waals surface area contributed by atoms with Crippen LogP contribution in [0.1, 0.15) is 49.9 Å². The lowest BCUT2D eigenvalue weighted by molar-refractivity contribution is -0.129. The van der Waals surface area contributed by atoms with Crippen LogP contribution < -0.4 is 0 Å².